The van der Waals surface area contributed by atoms with Crippen LogP contribution in [0.15, 0.2) is 42.6 Å². The second-order valence-corrected chi connectivity index (χ2v) is 8.97. The van der Waals surface area contributed by atoms with Crippen LogP contribution in [0.4, 0.5) is 19.0 Å². The van der Waals surface area contributed by atoms with Crippen molar-refractivity contribution in [2.75, 3.05) is 31.2 Å². The number of carbonyl (C=O) groups excluding carboxylic acids is 2. The van der Waals surface area contributed by atoms with Gasteiger partial charge in [-0.05, 0) is 43.0 Å². The number of hydrogen-bond acceptors (Lipinski definition) is 4. The normalized spacial score (nSPS) is 16.4. The molecule has 2 fully saturated rings. The first-order chi connectivity index (χ1) is 16.3. The zero-order valence-electron chi connectivity index (χ0n) is 19.0. The molecule has 2 heterocycles. The zero-order valence-corrected chi connectivity index (χ0v) is 19.0. The molecule has 1 aliphatic carbocycles. The van der Waals surface area contributed by atoms with Crippen LogP contribution in [0.25, 0.3) is 0 Å². The van der Waals surface area contributed by atoms with E-state index in [0.29, 0.717) is 37.4 Å². The minimum atomic E-state index is -4.60. The van der Waals surface area contributed by atoms with Crippen molar-refractivity contribution in [3.63, 3.8) is 0 Å². The highest BCUT2D eigenvalue weighted by atomic mass is 19.4. The molecule has 6 nitrogen and oxygen atoms in total. The first-order valence-electron chi connectivity index (χ1n) is 11.8. The lowest BCUT2D eigenvalue weighted by molar-refractivity contribution is -0.138. The number of pyridine rings is 1. The lowest BCUT2D eigenvalue weighted by atomic mass is 10.1. The number of unbranched alkanes of at least 4 members (excludes halogenated alkanes) is 1. The third kappa shape index (κ3) is 6.07. The number of nitrogens with one attached hydrogen (secondary N) is 1. The van der Waals surface area contributed by atoms with E-state index in [1.165, 1.54) is 48.6 Å². The highest BCUT2D eigenvalue weighted by Gasteiger charge is 2.36. The predicted octanol–water partition coefficient (Wildman–Crippen LogP) is 4.72. The Morgan fingerprint density at radius 3 is 2.56 bits per heavy atom. The maximum atomic E-state index is 13.3. The molecule has 182 valence electrons. The van der Waals surface area contributed by atoms with E-state index in [4.69, 9.17) is 0 Å². The molecule has 0 unspecified atom stereocenters. The summed E-state index contributed by atoms with van der Waals surface area (Å²) in [7, 11) is 0. The molecule has 0 radical (unpaired) electrons. The fourth-order valence-corrected chi connectivity index (χ4v) is 4.22. The summed E-state index contributed by atoms with van der Waals surface area (Å²) in [5.41, 5.74) is -0.831. The van der Waals surface area contributed by atoms with Crippen molar-refractivity contribution >= 4 is 17.6 Å². The number of rotatable bonds is 8. The van der Waals surface area contributed by atoms with Gasteiger partial charge in [-0.1, -0.05) is 37.8 Å². The van der Waals surface area contributed by atoms with Gasteiger partial charge in [0, 0.05) is 25.8 Å². The van der Waals surface area contributed by atoms with Crippen LogP contribution >= 0.6 is 0 Å². The maximum Gasteiger partial charge on any atom is 0.417 e. The van der Waals surface area contributed by atoms with E-state index in [0.717, 1.165) is 24.8 Å². The van der Waals surface area contributed by atoms with Crippen LogP contribution in [0.5, 0.6) is 0 Å². The molecule has 2 aromatic rings. The van der Waals surface area contributed by atoms with Gasteiger partial charge in [-0.25, -0.2) is 4.98 Å². The molecule has 34 heavy (non-hydrogen) atoms. The molecule has 4 rings (SSSR count). The zero-order chi connectivity index (χ0) is 24.1. The molecule has 9 heteroatoms. The van der Waals surface area contributed by atoms with Crippen LogP contribution in [-0.4, -0.2) is 48.0 Å². The average molecular weight is 475 g/mol. The lowest BCUT2D eigenvalue weighted by Gasteiger charge is -2.36. The first-order valence-corrected chi connectivity index (χ1v) is 11.8. The number of alkyl halides is 3. The minimum absolute atomic E-state index is 0.130. The van der Waals surface area contributed by atoms with Crippen molar-refractivity contribution in [1.82, 2.24) is 15.2 Å². The monoisotopic (exact) mass is 474 g/mol. The van der Waals surface area contributed by atoms with Crippen LogP contribution < -0.4 is 10.2 Å². The third-order valence-corrected chi connectivity index (χ3v) is 6.30. The topological polar surface area (TPSA) is 65.5 Å². The number of hydrogen-bond donors (Lipinski definition) is 1. The van der Waals surface area contributed by atoms with Gasteiger partial charge in [-0.15, -0.1) is 0 Å². The van der Waals surface area contributed by atoms with Crippen LogP contribution in [0, 0.1) is 5.92 Å². The number of amides is 2. The Hall–Kier alpha value is -3.10. The van der Waals surface area contributed by atoms with Gasteiger partial charge in [-0.3, -0.25) is 9.59 Å². The molecule has 0 bridgehead atoms. The van der Waals surface area contributed by atoms with E-state index in [9.17, 15) is 22.8 Å². The molecule has 2 aliphatic rings. The highest BCUT2D eigenvalue weighted by molar-refractivity contribution is 5.96. The van der Waals surface area contributed by atoms with Gasteiger partial charge in [0.25, 0.3) is 11.8 Å². The van der Waals surface area contributed by atoms with Crippen molar-refractivity contribution in [2.24, 2.45) is 5.92 Å². The molecule has 1 saturated heterocycles. The predicted molar refractivity (Wildman–Crippen MR) is 122 cm³/mol. The van der Waals surface area contributed by atoms with Crippen molar-refractivity contribution in [2.45, 2.75) is 44.7 Å². The van der Waals surface area contributed by atoms with E-state index in [2.05, 4.69) is 10.3 Å². The third-order valence-electron chi connectivity index (χ3n) is 6.30. The van der Waals surface area contributed by atoms with E-state index >= 15 is 0 Å². The Kier molecular flexibility index (Phi) is 7.38. The SMILES string of the molecule is O=C(NCCCCC1CC1)c1ccc(N2CCCN(C(=O)c3ccccc3C(F)(F)F)C2)nc1. The summed E-state index contributed by atoms with van der Waals surface area (Å²) in [5.74, 6) is 0.635. The van der Waals surface area contributed by atoms with E-state index in [-0.39, 0.29) is 18.1 Å². The molecule has 1 N–H and O–H groups in total. The van der Waals surface area contributed by atoms with Gasteiger partial charge in [0.15, 0.2) is 0 Å². The summed E-state index contributed by atoms with van der Waals surface area (Å²) in [6.07, 6.45) is 3.50. The van der Waals surface area contributed by atoms with Crippen LogP contribution in [-0.2, 0) is 6.18 Å². The summed E-state index contributed by atoms with van der Waals surface area (Å²) < 4.78 is 40.0. The molecule has 2 amide bonds. The number of aromatic nitrogens is 1. The number of benzene rings is 1. The molecular weight excluding hydrogens is 445 g/mol. The van der Waals surface area contributed by atoms with Gasteiger partial charge < -0.3 is 15.1 Å². The lowest BCUT2D eigenvalue weighted by Crippen LogP contribution is -2.48. The molecule has 1 aromatic heterocycles. The molecule has 0 spiro atoms. The quantitative estimate of drug-likeness (QED) is 0.563. The number of anilines is 1. The summed E-state index contributed by atoms with van der Waals surface area (Å²) in [4.78, 5) is 32.8. The molecular formula is C25H29F3N4O2. The fourth-order valence-electron chi connectivity index (χ4n) is 4.22. The summed E-state index contributed by atoms with van der Waals surface area (Å²) in [6.45, 7) is 1.74. The van der Waals surface area contributed by atoms with Crippen molar-refractivity contribution in [3.8, 4) is 0 Å². The van der Waals surface area contributed by atoms with Crippen LogP contribution in [0.1, 0.15) is 64.8 Å². The Balaban J connectivity index is 1.34. The average Bonchev–Trinajstić information content (AvgIpc) is 3.67. The van der Waals surface area contributed by atoms with Gasteiger partial charge in [-0.2, -0.15) is 13.2 Å². The van der Waals surface area contributed by atoms with Gasteiger partial charge in [0.05, 0.1) is 23.4 Å². The summed E-state index contributed by atoms with van der Waals surface area (Å²) in [5, 5.41) is 2.91. The molecule has 1 saturated carbocycles. The first kappa shape index (κ1) is 24.0. The second kappa shape index (κ2) is 10.4. The smallest absolute Gasteiger partial charge is 0.352 e. The molecule has 1 aliphatic heterocycles. The van der Waals surface area contributed by atoms with Gasteiger partial charge >= 0.3 is 6.18 Å². The van der Waals surface area contributed by atoms with Crippen LogP contribution in [0.3, 0.4) is 0 Å². The Bertz CT molecular complexity index is 1010. The maximum absolute atomic E-state index is 13.3. The largest absolute Gasteiger partial charge is 0.417 e. The Labute approximate surface area is 197 Å². The number of nitrogens with zero attached hydrogens (tertiary/aromatic N) is 3. The van der Waals surface area contributed by atoms with Crippen molar-refractivity contribution < 1.29 is 22.8 Å². The number of halogens is 3. The minimum Gasteiger partial charge on any atom is -0.352 e. The second-order valence-electron chi connectivity index (χ2n) is 8.97. The molecule has 1 aromatic carbocycles. The van der Waals surface area contributed by atoms with Crippen molar-refractivity contribution in [1.29, 1.82) is 0 Å². The fraction of sp³-hybridized carbons (Fsp3) is 0.480. The van der Waals surface area contributed by atoms with E-state index in [1.807, 2.05) is 4.90 Å². The number of carbonyl (C=O) groups is 2. The van der Waals surface area contributed by atoms with E-state index < -0.39 is 17.6 Å². The van der Waals surface area contributed by atoms with Crippen LogP contribution in [0.2, 0.25) is 0 Å². The van der Waals surface area contributed by atoms with Crippen molar-refractivity contribution in [3.05, 3.63) is 59.3 Å². The summed E-state index contributed by atoms with van der Waals surface area (Å²) >= 11 is 0. The van der Waals surface area contributed by atoms with Gasteiger partial charge in [0.2, 0.25) is 0 Å². The Morgan fingerprint density at radius 1 is 1.06 bits per heavy atom. The molecule has 0 atom stereocenters. The van der Waals surface area contributed by atoms with E-state index in [1.54, 1.807) is 12.1 Å². The standard InChI is InChI=1S/C25H29F3N4O2/c26-25(27,28)21-8-2-1-7-20(21)24(34)32-15-5-14-31(17-32)22-12-11-19(16-30-22)23(33)29-13-4-3-6-18-9-10-18/h1-2,7-8,11-12,16,18H,3-6,9-10,13-15,17H2,(H,29,33). The summed E-state index contributed by atoms with van der Waals surface area (Å²) in [6, 6.07) is 8.23. The van der Waals surface area contributed by atoms with Gasteiger partial charge in [0.1, 0.15) is 5.82 Å². The highest BCUT2D eigenvalue weighted by Crippen LogP contribution is 2.34. The Morgan fingerprint density at radius 2 is 1.85 bits per heavy atom.